The fourth-order valence-corrected chi connectivity index (χ4v) is 0.933. The Labute approximate surface area is 81.5 Å². The van der Waals surface area contributed by atoms with Crippen LogP contribution in [0.5, 0.6) is 11.8 Å². The molecule has 1 rings (SSSR count). The summed E-state index contributed by atoms with van der Waals surface area (Å²) in [5.74, 6) is 0.603. The molecule has 1 heterocycles. The van der Waals surface area contributed by atoms with Crippen molar-refractivity contribution < 1.29 is 9.47 Å². The van der Waals surface area contributed by atoms with Crippen LogP contribution in [0.4, 0.5) is 5.69 Å². The normalized spacial score (nSPS) is 9.29. The molecule has 0 aliphatic carbocycles. The molecule has 1 aromatic heterocycles. The van der Waals surface area contributed by atoms with Crippen LogP contribution in [0.2, 0.25) is 0 Å². The van der Waals surface area contributed by atoms with Crippen molar-refractivity contribution in [2.24, 2.45) is 5.73 Å². The molecule has 0 saturated heterocycles. The summed E-state index contributed by atoms with van der Waals surface area (Å²) in [7, 11) is 2.99. The summed E-state index contributed by atoms with van der Waals surface area (Å²) in [4.78, 5) is 4.00. The van der Waals surface area contributed by atoms with E-state index in [1.165, 1.54) is 14.2 Å². The average molecular weight is 196 g/mol. The van der Waals surface area contributed by atoms with E-state index in [4.69, 9.17) is 20.6 Å². The highest BCUT2D eigenvalue weighted by atomic mass is 16.5. The molecule has 0 aliphatic heterocycles. The maximum Gasteiger partial charge on any atom is 0.240 e. The van der Waals surface area contributed by atoms with Crippen LogP contribution < -0.4 is 20.5 Å². The molecule has 0 unspecified atom stereocenters. The molecule has 0 atom stereocenters. The van der Waals surface area contributed by atoms with Crippen LogP contribution in [0.25, 0.3) is 0 Å². The molecule has 1 aromatic rings. The second-order valence-corrected chi connectivity index (χ2v) is 2.45. The van der Waals surface area contributed by atoms with Crippen LogP contribution in [0.3, 0.4) is 0 Å². The molecule has 14 heavy (non-hydrogen) atoms. The highest BCUT2D eigenvalue weighted by Gasteiger charge is 2.06. The largest absolute Gasteiger partial charge is 0.481 e. The van der Waals surface area contributed by atoms with Gasteiger partial charge in [0.05, 0.1) is 14.2 Å². The number of nitrogens with one attached hydrogen (secondary N) is 2. The van der Waals surface area contributed by atoms with E-state index in [2.05, 4.69) is 10.3 Å². The zero-order chi connectivity index (χ0) is 10.6. The molecule has 0 fully saturated rings. The molecule has 0 amide bonds. The summed E-state index contributed by atoms with van der Waals surface area (Å²) in [6.07, 6.45) is 0. The molecule has 0 radical (unpaired) electrons. The first-order valence-corrected chi connectivity index (χ1v) is 3.87. The Morgan fingerprint density at radius 3 is 2.64 bits per heavy atom. The van der Waals surface area contributed by atoms with E-state index in [9.17, 15) is 0 Å². The molecule has 0 bridgehead atoms. The second kappa shape index (κ2) is 4.31. The smallest absolute Gasteiger partial charge is 0.240 e. The summed E-state index contributed by atoms with van der Waals surface area (Å²) in [6, 6.07) is 3.32. The van der Waals surface area contributed by atoms with Gasteiger partial charge in [-0.1, -0.05) is 0 Å². The lowest BCUT2D eigenvalue weighted by atomic mass is 10.4. The molecular weight excluding hydrogens is 184 g/mol. The number of methoxy groups -OCH3 is 2. The van der Waals surface area contributed by atoms with Gasteiger partial charge in [-0.15, -0.1) is 0 Å². The zero-order valence-electron chi connectivity index (χ0n) is 8.00. The summed E-state index contributed by atoms with van der Waals surface area (Å²) in [5, 5.41) is 9.65. The van der Waals surface area contributed by atoms with Crippen LogP contribution >= 0.6 is 0 Å². The highest BCUT2D eigenvalue weighted by molar-refractivity contribution is 5.90. The first-order valence-electron chi connectivity index (χ1n) is 3.87. The monoisotopic (exact) mass is 196 g/mol. The van der Waals surface area contributed by atoms with Gasteiger partial charge in [0.25, 0.3) is 0 Å². The van der Waals surface area contributed by atoms with Gasteiger partial charge < -0.3 is 20.5 Å². The Morgan fingerprint density at radius 2 is 2.14 bits per heavy atom. The molecule has 6 heteroatoms. The van der Waals surface area contributed by atoms with Crippen LogP contribution in [0.1, 0.15) is 0 Å². The number of ether oxygens (including phenoxy) is 2. The van der Waals surface area contributed by atoms with E-state index >= 15 is 0 Å². The first kappa shape index (κ1) is 10.1. The Kier molecular flexibility index (Phi) is 3.11. The van der Waals surface area contributed by atoms with Gasteiger partial charge in [-0.3, -0.25) is 5.41 Å². The van der Waals surface area contributed by atoms with Crippen molar-refractivity contribution >= 4 is 11.6 Å². The van der Waals surface area contributed by atoms with Crippen molar-refractivity contribution in [3.8, 4) is 11.8 Å². The lowest BCUT2D eigenvalue weighted by Crippen LogP contribution is -2.21. The standard InChI is InChI=1S/C8H12N4O2/c1-13-6-4-3-5(11-8(9)10)7(12-6)14-2/h3-4H,1-2H3,(H4,9,10,11). The van der Waals surface area contributed by atoms with Gasteiger partial charge in [-0.05, 0) is 6.07 Å². The number of aromatic nitrogens is 1. The van der Waals surface area contributed by atoms with Gasteiger partial charge in [0.2, 0.25) is 11.8 Å². The molecule has 76 valence electrons. The van der Waals surface area contributed by atoms with Gasteiger partial charge in [0.15, 0.2) is 5.96 Å². The number of nitrogens with two attached hydrogens (primary N) is 1. The van der Waals surface area contributed by atoms with E-state index in [1.54, 1.807) is 12.1 Å². The minimum atomic E-state index is -0.171. The predicted molar refractivity (Wildman–Crippen MR) is 52.9 cm³/mol. The molecule has 0 aliphatic rings. The fraction of sp³-hybridized carbons (Fsp3) is 0.250. The van der Waals surface area contributed by atoms with E-state index < -0.39 is 0 Å². The highest BCUT2D eigenvalue weighted by Crippen LogP contribution is 2.24. The zero-order valence-corrected chi connectivity index (χ0v) is 8.00. The van der Waals surface area contributed by atoms with Crippen molar-refractivity contribution in [1.29, 1.82) is 5.41 Å². The van der Waals surface area contributed by atoms with Crippen LogP contribution in [-0.4, -0.2) is 25.2 Å². The number of guanidine groups is 1. The number of nitrogens with zero attached hydrogens (tertiary/aromatic N) is 1. The molecule has 0 saturated carbocycles. The molecule has 6 nitrogen and oxygen atoms in total. The predicted octanol–water partition coefficient (Wildman–Crippen LogP) is 0.404. The molecular formula is C8H12N4O2. The maximum atomic E-state index is 7.05. The average Bonchev–Trinajstić information content (AvgIpc) is 2.17. The summed E-state index contributed by atoms with van der Waals surface area (Å²) in [5.41, 5.74) is 5.70. The third-order valence-electron chi connectivity index (χ3n) is 1.51. The van der Waals surface area contributed by atoms with E-state index in [-0.39, 0.29) is 5.96 Å². The molecule has 4 N–H and O–H groups in total. The fourth-order valence-electron chi connectivity index (χ4n) is 0.933. The van der Waals surface area contributed by atoms with E-state index in [0.717, 1.165) is 0 Å². The lowest BCUT2D eigenvalue weighted by Gasteiger charge is -2.09. The maximum absolute atomic E-state index is 7.05. The number of hydrogen-bond acceptors (Lipinski definition) is 4. The van der Waals surface area contributed by atoms with Crippen molar-refractivity contribution in [3.05, 3.63) is 12.1 Å². The lowest BCUT2D eigenvalue weighted by molar-refractivity contribution is 0.366. The Bertz CT molecular complexity index is 340. The van der Waals surface area contributed by atoms with Crippen LogP contribution in [-0.2, 0) is 0 Å². The molecule has 0 spiro atoms. The quantitative estimate of drug-likeness (QED) is 0.480. The second-order valence-electron chi connectivity index (χ2n) is 2.45. The van der Waals surface area contributed by atoms with Crippen LogP contribution in [0, 0.1) is 5.41 Å². The molecule has 0 aromatic carbocycles. The summed E-state index contributed by atoms with van der Waals surface area (Å²) >= 11 is 0. The van der Waals surface area contributed by atoms with E-state index in [1.807, 2.05) is 0 Å². The van der Waals surface area contributed by atoms with Gasteiger partial charge in [0.1, 0.15) is 5.69 Å². The first-order chi connectivity index (χ1) is 6.67. The number of anilines is 1. The minimum absolute atomic E-state index is 0.171. The minimum Gasteiger partial charge on any atom is -0.481 e. The Hall–Kier alpha value is -1.98. The van der Waals surface area contributed by atoms with Gasteiger partial charge in [0, 0.05) is 6.07 Å². The van der Waals surface area contributed by atoms with E-state index in [0.29, 0.717) is 17.4 Å². The number of hydrogen-bond donors (Lipinski definition) is 3. The topological polar surface area (TPSA) is 93.2 Å². The van der Waals surface area contributed by atoms with Gasteiger partial charge in [-0.2, -0.15) is 4.98 Å². The van der Waals surface area contributed by atoms with Gasteiger partial charge >= 0.3 is 0 Å². The van der Waals surface area contributed by atoms with Crippen molar-refractivity contribution in [3.63, 3.8) is 0 Å². The SMILES string of the molecule is COc1ccc(NC(=N)N)c(OC)n1. The van der Waals surface area contributed by atoms with Gasteiger partial charge in [-0.25, -0.2) is 0 Å². The van der Waals surface area contributed by atoms with Crippen molar-refractivity contribution in [2.75, 3.05) is 19.5 Å². The Balaban J connectivity index is 2.98. The summed E-state index contributed by atoms with van der Waals surface area (Å²) < 4.78 is 9.90. The number of pyridine rings is 1. The third kappa shape index (κ3) is 2.25. The van der Waals surface area contributed by atoms with Crippen molar-refractivity contribution in [1.82, 2.24) is 4.98 Å². The summed E-state index contributed by atoms with van der Waals surface area (Å²) in [6.45, 7) is 0. The van der Waals surface area contributed by atoms with Crippen molar-refractivity contribution in [2.45, 2.75) is 0 Å². The Morgan fingerprint density at radius 1 is 1.43 bits per heavy atom. The third-order valence-corrected chi connectivity index (χ3v) is 1.51. The van der Waals surface area contributed by atoms with Crippen LogP contribution in [0.15, 0.2) is 12.1 Å². The number of rotatable bonds is 3.